The van der Waals surface area contributed by atoms with E-state index in [1.807, 2.05) is 31.2 Å². The summed E-state index contributed by atoms with van der Waals surface area (Å²) in [5, 5.41) is 12.0. The van der Waals surface area contributed by atoms with E-state index in [1.165, 1.54) is 11.1 Å². The number of nitrogens with one attached hydrogen (secondary N) is 1. The summed E-state index contributed by atoms with van der Waals surface area (Å²) in [7, 11) is 0. The molecule has 5 heteroatoms. The van der Waals surface area contributed by atoms with Crippen LogP contribution in [-0.2, 0) is 0 Å². The molecule has 5 nitrogen and oxygen atoms in total. The number of hydrogen-bond acceptors (Lipinski definition) is 4. The molecule has 1 aromatic heterocycles. The number of nitrogens with two attached hydrogens (primary N) is 1. The molecule has 0 radical (unpaired) electrons. The average Bonchev–Trinajstić information content (AvgIpc) is 2.62. The SMILES string of the molecule is CCCNC(=O)c1nnc2c(-c3cccc(C)c3C)cccc2c1N. The lowest BCUT2D eigenvalue weighted by Gasteiger charge is -2.13. The number of fused-ring (bicyclic) bond motifs is 1. The highest BCUT2D eigenvalue weighted by atomic mass is 16.1. The van der Waals surface area contributed by atoms with Crippen molar-refractivity contribution >= 4 is 22.5 Å². The minimum absolute atomic E-state index is 0.180. The van der Waals surface area contributed by atoms with Crippen molar-refractivity contribution in [1.29, 1.82) is 0 Å². The maximum Gasteiger partial charge on any atom is 0.273 e. The highest BCUT2D eigenvalue weighted by Crippen LogP contribution is 2.33. The lowest BCUT2D eigenvalue weighted by Crippen LogP contribution is -2.26. The van der Waals surface area contributed by atoms with Crippen LogP contribution in [0.1, 0.15) is 35.0 Å². The molecule has 2 aromatic carbocycles. The molecule has 128 valence electrons. The standard InChI is InChI=1S/C20H22N4O/c1-4-11-22-20(25)19-17(21)16-10-6-9-15(18(16)23-24-19)14-8-5-7-12(2)13(14)3/h5-10H,4,11H2,1-3H3,(H2,21,23)(H,22,25). The average molecular weight is 334 g/mol. The summed E-state index contributed by atoms with van der Waals surface area (Å²) < 4.78 is 0. The number of aryl methyl sites for hydroxylation is 1. The van der Waals surface area contributed by atoms with E-state index in [-0.39, 0.29) is 11.6 Å². The Hall–Kier alpha value is -2.95. The number of carbonyl (C=O) groups excluding carboxylic acids is 1. The summed E-state index contributed by atoms with van der Waals surface area (Å²) in [6.07, 6.45) is 0.851. The number of amides is 1. The van der Waals surface area contributed by atoms with E-state index in [0.717, 1.165) is 22.9 Å². The third kappa shape index (κ3) is 3.05. The van der Waals surface area contributed by atoms with Crippen LogP contribution in [0.15, 0.2) is 36.4 Å². The number of aromatic nitrogens is 2. The van der Waals surface area contributed by atoms with Crippen molar-refractivity contribution in [3.8, 4) is 11.1 Å². The Morgan fingerprint density at radius 3 is 2.56 bits per heavy atom. The lowest BCUT2D eigenvalue weighted by atomic mass is 9.95. The number of anilines is 1. The van der Waals surface area contributed by atoms with Gasteiger partial charge >= 0.3 is 0 Å². The molecule has 3 N–H and O–H groups in total. The zero-order chi connectivity index (χ0) is 18.0. The highest BCUT2D eigenvalue weighted by Gasteiger charge is 2.17. The number of hydrogen-bond donors (Lipinski definition) is 2. The molecule has 1 heterocycles. The van der Waals surface area contributed by atoms with Crippen molar-refractivity contribution in [3.05, 3.63) is 53.2 Å². The van der Waals surface area contributed by atoms with Gasteiger partial charge in [0.15, 0.2) is 5.69 Å². The topological polar surface area (TPSA) is 80.9 Å². The first-order valence-corrected chi connectivity index (χ1v) is 8.44. The Morgan fingerprint density at radius 2 is 1.80 bits per heavy atom. The van der Waals surface area contributed by atoms with Gasteiger partial charge in [0.2, 0.25) is 0 Å². The van der Waals surface area contributed by atoms with Gasteiger partial charge in [0.1, 0.15) is 5.52 Å². The van der Waals surface area contributed by atoms with Gasteiger partial charge in [0.05, 0.1) is 5.69 Å². The Labute approximate surface area is 147 Å². The van der Waals surface area contributed by atoms with Crippen LogP contribution < -0.4 is 11.1 Å². The molecule has 0 bridgehead atoms. The minimum Gasteiger partial charge on any atom is -0.396 e. The summed E-state index contributed by atoms with van der Waals surface area (Å²) in [5.41, 5.74) is 12.0. The van der Waals surface area contributed by atoms with E-state index < -0.39 is 0 Å². The Kier molecular flexibility index (Phi) is 4.65. The van der Waals surface area contributed by atoms with Crippen molar-refractivity contribution < 1.29 is 4.79 Å². The minimum atomic E-state index is -0.286. The predicted molar refractivity (Wildman–Crippen MR) is 101 cm³/mol. The van der Waals surface area contributed by atoms with E-state index in [2.05, 4.69) is 41.5 Å². The molecule has 1 amide bonds. The lowest BCUT2D eigenvalue weighted by molar-refractivity contribution is 0.0949. The Bertz CT molecular complexity index is 950. The Morgan fingerprint density at radius 1 is 1.08 bits per heavy atom. The molecule has 25 heavy (non-hydrogen) atoms. The maximum absolute atomic E-state index is 12.2. The number of rotatable bonds is 4. The van der Waals surface area contributed by atoms with Crippen LogP contribution in [0.5, 0.6) is 0 Å². The van der Waals surface area contributed by atoms with Gasteiger partial charge in [0, 0.05) is 17.5 Å². The molecule has 3 rings (SSSR count). The Balaban J connectivity index is 2.17. The molecule has 0 aliphatic carbocycles. The first-order valence-electron chi connectivity index (χ1n) is 8.44. The highest BCUT2D eigenvalue weighted by molar-refractivity contribution is 6.07. The zero-order valence-electron chi connectivity index (χ0n) is 14.8. The first-order chi connectivity index (χ1) is 12.0. The van der Waals surface area contributed by atoms with Gasteiger partial charge in [0.25, 0.3) is 5.91 Å². The molecule has 0 spiro atoms. The van der Waals surface area contributed by atoms with Crippen LogP contribution in [0.25, 0.3) is 22.0 Å². The van der Waals surface area contributed by atoms with Crippen LogP contribution in [-0.4, -0.2) is 22.6 Å². The molecule has 0 aliphatic heterocycles. The molecule has 0 fully saturated rings. The molecule has 0 atom stereocenters. The van der Waals surface area contributed by atoms with E-state index in [9.17, 15) is 4.79 Å². The van der Waals surface area contributed by atoms with Crippen molar-refractivity contribution in [3.63, 3.8) is 0 Å². The van der Waals surface area contributed by atoms with Gasteiger partial charge in [-0.05, 0) is 37.0 Å². The monoisotopic (exact) mass is 334 g/mol. The normalized spacial score (nSPS) is 10.8. The fraction of sp³-hybridized carbons (Fsp3) is 0.250. The van der Waals surface area contributed by atoms with Crippen molar-refractivity contribution in [2.24, 2.45) is 0 Å². The summed E-state index contributed by atoms with van der Waals surface area (Å²) in [6, 6.07) is 12.0. The van der Waals surface area contributed by atoms with Crippen LogP contribution in [0.2, 0.25) is 0 Å². The van der Waals surface area contributed by atoms with Gasteiger partial charge in [-0.2, -0.15) is 0 Å². The summed E-state index contributed by atoms with van der Waals surface area (Å²) in [6.45, 7) is 6.75. The quantitative estimate of drug-likeness (QED) is 0.763. The summed E-state index contributed by atoms with van der Waals surface area (Å²) in [5.74, 6) is -0.286. The van der Waals surface area contributed by atoms with Gasteiger partial charge < -0.3 is 11.1 Å². The number of carbonyl (C=O) groups is 1. The third-order valence-electron chi connectivity index (χ3n) is 4.48. The molecular formula is C20H22N4O. The number of benzene rings is 2. The second kappa shape index (κ2) is 6.89. The van der Waals surface area contributed by atoms with E-state index in [4.69, 9.17) is 5.73 Å². The first kappa shape index (κ1) is 16.9. The molecule has 0 unspecified atom stereocenters. The van der Waals surface area contributed by atoms with Gasteiger partial charge in [-0.25, -0.2) is 0 Å². The van der Waals surface area contributed by atoms with Crippen molar-refractivity contribution in [1.82, 2.24) is 15.5 Å². The molecular weight excluding hydrogens is 312 g/mol. The van der Waals surface area contributed by atoms with Crippen molar-refractivity contribution in [2.75, 3.05) is 12.3 Å². The maximum atomic E-state index is 12.2. The second-order valence-corrected chi connectivity index (χ2v) is 6.17. The number of nitrogen functional groups attached to an aromatic ring is 1. The molecule has 0 saturated heterocycles. The smallest absolute Gasteiger partial charge is 0.273 e. The fourth-order valence-electron chi connectivity index (χ4n) is 2.90. The molecule has 3 aromatic rings. The fourth-order valence-corrected chi connectivity index (χ4v) is 2.90. The van der Waals surface area contributed by atoms with Gasteiger partial charge in [-0.3, -0.25) is 4.79 Å². The van der Waals surface area contributed by atoms with Crippen molar-refractivity contribution in [2.45, 2.75) is 27.2 Å². The van der Waals surface area contributed by atoms with Crippen LogP contribution in [0.4, 0.5) is 5.69 Å². The zero-order valence-corrected chi connectivity index (χ0v) is 14.8. The second-order valence-electron chi connectivity index (χ2n) is 6.17. The van der Waals surface area contributed by atoms with E-state index in [0.29, 0.717) is 17.7 Å². The largest absolute Gasteiger partial charge is 0.396 e. The summed E-state index contributed by atoms with van der Waals surface area (Å²) >= 11 is 0. The predicted octanol–water partition coefficient (Wildman–Crippen LogP) is 3.64. The molecule has 0 saturated carbocycles. The van der Waals surface area contributed by atoms with Crippen LogP contribution in [0, 0.1) is 13.8 Å². The van der Waals surface area contributed by atoms with Crippen LogP contribution in [0.3, 0.4) is 0 Å². The number of nitrogens with zero attached hydrogens (tertiary/aromatic N) is 2. The van der Waals surface area contributed by atoms with Gasteiger partial charge in [-0.15, -0.1) is 10.2 Å². The van der Waals surface area contributed by atoms with Crippen LogP contribution >= 0.6 is 0 Å². The van der Waals surface area contributed by atoms with E-state index in [1.54, 1.807) is 0 Å². The summed E-state index contributed by atoms with van der Waals surface area (Å²) in [4.78, 5) is 12.2. The van der Waals surface area contributed by atoms with Gasteiger partial charge in [-0.1, -0.05) is 43.3 Å². The molecule has 0 aliphatic rings. The van der Waals surface area contributed by atoms with E-state index >= 15 is 0 Å². The third-order valence-corrected chi connectivity index (χ3v) is 4.48.